The molecule has 0 aliphatic carbocycles. The second kappa shape index (κ2) is 6.85. The first-order valence-electron chi connectivity index (χ1n) is 7.46. The summed E-state index contributed by atoms with van der Waals surface area (Å²) in [5.74, 6) is 0.157. The molecule has 1 amide bonds. The van der Waals surface area contributed by atoms with E-state index in [4.69, 9.17) is 5.11 Å². The van der Waals surface area contributed by atoms with Crippen molar-refractivity contribution < 1.29 is 9.90 Å². The molecule has 0 radical (unpaired) electrons. The van der Waals surface area contributed by atoms with Crippen molar-refractivity contribution in [3.8, 4) is 0 Å². The second-order valence-corrected chi connectivity index (χ2v) is 7.37. The molecule has 0 spiro atoms. The number of aliphatic hydroxyl groups excluding tert-OH is 1. The quantitative estimate of drug-likeness (QED) is 0.905. The molecule has 2 heterocycles. The van der Waals surface area contributed by atoms with Gasteiger partial charge in [0.05, 0.1) is 23.7 Å². The Kier molecular flexibility index (Phi) is 5.35. The number of nitrogens with zero attached hydrogens (tertiary/aromatic N) is 3. The standard InChI is InChI=1S/C15H25N3O2S/c1-15(2,3)14-16-12(11-21-14)10-13(20)18-6-4-17(5-7-18)8-9-19/h11,19H,4-10H2,1-3H3. The minimum atomic E-state index is 0.0435. The minimum Gasteiger partial charge on any atom is -0.395 e. The fourth-order valence-corrected chi connectivity index (χ4v) is 3.27. The van der Waals surface area contributed by atoms with Crippen molar-refractivity contribution in [3.05, 3.63) is 16.1 Å². The third-order valence-corrected chi connectivity index (χ3v) is 4.98. The van der Waals surface area contributed by atoms with E-state index in [0.717, 1.165) is 36.9 Å². The molecule has 118 valence electrons. The number of piperazine rings is 1. The van der Waals surface area contributed by atoms with Crippen molar-refractivity contribution in [2.45, 2.75) is 32.6 Å². The molecule has 1 fully saturated rings. The Hall–Kier alpha value is -0.980. The number of carbonyl (C=O) groups is 1. The summed E-state index contributed by atoms with van der Waals surface area (Å²) in [7, 11) is 0. The first-order chi connectivity index (χ1) is 9.90. The number of β-amino-alcohol motifs (C(OH)–C–C–N with tert-alkyl or cyclic N) is 1. The molecule has 1 saturated heterocycles. The number of hydrogen-bond acceptors (Lipinski definition) is 5. The highest BCUT2D eigenvalue weighted by atomic mass is 32.1. The van der Waals surface area contributed by atoms with Gasteiger partial charge in [-0.1, -0.05) is 20.8 Å². The molecule has 0 bridgehead atoms. The van der Waals surface area contributed by atoms with Crippen LogP contribution >= 0.6 is 11.3 Å². The van der Waals surface area contributed by atoms with Crippen LogP contribution in [0.1, 0.15) is 31.5 Å². The van der Waals surface area contributed by atoms with Gasteiger partial charge in [0.25, 0.3) is 0 Å². The van der Waals surface area contributed by atoms with Crippen molar-refractivity contribution in [2.75, 3.05) is 39.3 Å². The Morgan fingerprint density at radius 1 is 1.33 bits per heavy atom. The zero-order chi connectivity index (χ0) is 15.5. The summed E-state index contributed by atoms with van der Waals surface area (Å²) in [6, 6.07) is 0. The molecule has 0 unspecified atom stereocenters. The average molecular weight is 311 g/mol. The number of rotatable bonds is 4. The van der Waals surface area contributed by atoms with Crippen molar-refractivity contribution in [2.24, 2.45) is 0 Å². The maximum atomic E-state index is 12.3. The molecule has 1 N–H and O–H groups in total. The average Bonchev–Trinajstić information content (AvgIpc) is 2.88. The zero-order valence-electron chi connectivity index (χ0n) is 13.1. The van der Waals surface area contributed by atoms with E-state index in [9.17, 15) is 4.79 Å². The van der Waals surface area contributed by atoms with Crippen molar-refractivity contribution in [1.29, 1.82) is 0 Å². The summed E-state index contributed by atoms with van der Waals surface area (Å²) in [5.41, 5.74) is 0.926. The highest BCUT2D eigenvalue weighted by molar-refractivity contribution is 7.09. The second-order valence-electron chi connectivity index (χ2n) is 6.52. The molecule has 2 rings (SSSR count). The lowest BCUT2D eigenvalue weighted by molar-refractivity contribution is -0.132. The van der Waals surface area contributed by atoms with E-state index in [0.29, 0.717) is 13.0 Å². The smallest absolute Gasteiger partial charge is 0.228 e. The van der Waals surface area contributed by atoms with Gasteiger partial charge in [0.2, 0.25) is 5.91 Å². The van der Waals surface area contributed by atoms with Crippen LogP contribution in [0.2, 0.25) is 0 Å². The summed E-state index contributed by atoms with van der Waals surface area (Å²) < 4.78 is 0. The van der Waals surface area contributed by atoms with Crippen molar-refractivity contribution in [3.63, 3.8) is 0 Å². The lowest BCUT2D eigenvalue weighted by atomic mass is 9.98. The summed E-state index contributed by atoms with van der Waals surface area (Å²) in [5, 5.41) is 12.0. The van der Waals surface area contributed by atoms with Crippen molar-refractivity contribution in [1.82, 2.24) is 14.8 Å². The summed E-state index contributed by atoms with van der Waals surface area (Å²) >= 11 is 1.63. The monoisotopic (exact) mass is 311 g/mol. The van der Waals surface area contributed by atoms with Crippen LogP contribution in [0.25, 0.3) is 0 Å². The maximum absolute atomic E-state index is 12.3. The molecule has 0 saturated carbocycles. The van der Waals surface area contributed by atoms with Gasteiger partial charge >= 0.3 is 0 Å². The Labute approximate surface area is 130 Å². The Morgan fingerprint density at radius 2 is 2.00 bits per heavy atom. The van der Waals surface area contributed by atoms with Gasteiger partial charge in [0.15, 0.2) is 0 Å². The number of hydrogen-bond donors (Lipinski definition) is 1. The topological polar surface area (TPSA) is 56.7 Å². The lowest BCUT2D eigenvalue weighted by Gasteiger charge is -2.34. The lowest BCUT2D eigenvalue weighted by Crippen LogP contribution is -2.49. The van der Waals surface area contributed by atoms with Crippen LogP contribution in [0.15, 0.2) is 5.38 Å². The van der Waals surface area contributed by atoms with Crippen LogP contribution in [-0.2, 0) is 16.6 Å². The third kappa shape index (κ3) is 4.49. The van der Waals surface area contributed by atoms with E-state index >= 15 is 0 Å². The fraction of sp³-hybridized carbons (Fsp3) is 0.733. The number of amides is 1. The summed E-state index contributed by atoms with van der Waals surface area (Å²) in [4.78, 5) is 21.0. The first-order valence-corrected chi connectivity index (χ1v) is 8.34. The predicted molar refractivity (Wildman–Crippen MR) is 84.6 cm³/mol. The van der Waals surface area contributed by atoms with Crippen LogP contribution in [0.4, 0.5) is 0 Å². The zero-order valence-corrected chi connectivity index (χ0v) is 13.9. The SMILES string of the molecule is CC(C)(C)c1nc(CC(=O)N2CCN(CCO)CC2)cs1. The molecule has 21 heavy (non-hydrogen) atoms. The van der Waals surface area contributed by atoms with Gasteiger partial charge in [0, 0.05) is 43.5 Å². The normalized spacial score (nSPS) is 17.2. The van der Waals surface area contributed by atoms with Gasteiger partial charge < -0.3 is 10.0 Å². The number of thiazole rings is 1. The maximum Gasteiger partial charge on any atom is 0.228 e. The van der Waals surface area contributed by atoms with E-state index < -0.39 is 0 Å². The van der Waals surface area contributed by atoms with Crippen molar-refractivity contribution >= 4 is 17.2 Å². The van der Waals surface area contributed by atoms with E-state index in [1.165, 1.54) is 0 Å². The molecule has 6 heteroatoms. The van der Waals surface area contributed by atoms with Crippen LogP contribution in [-0.4, -0.2) is 65.1 Å². The fourth-order valence-electron chi connectivity index (χ4n) is 2.36. The molecule has 1 aromatic rings. The third-order valence-electron chi connectivity index (χ3n) is 3.67. The Bertz CT molecular complexity index is 474. The molecule has 0 aromatic carbocycles. The van der Waals surface area contributed by atoms with E-state index in [1.54, 1.807) is 11.3 Å². The number of carbonyl (C=O) groups excluding carboxylic acids is 1. The van der Waals surface area contributed by atoms with Gasteiger partial charge in [-0.15, -0.1) is 11.3 Å². The van der Waals surface area contributed by atoms with E-state index in [2.05, 4.69) is 30.7 Å². The van der Waals surface area contributed by atoms with Gasteiger partial charge in [-0.25, -0.2) is 4.98 Å². The Morgan fingerprint density at radius 3 is 2.52 bits per heavy atom. The molecule has 1 aliphatic heterocycles. The summed E-state index contributed by atoms with van der Waals surface area (Å²) in [6.07, 6.45) is 0.395. The van der Waals surface area contributed by atoms with Crippen LogP contribution < -0.4 is 0 Å². The molecular weight excluding hydrogens is 286 g/mol. The summed E-state index contributed by atoms with van der Waals surface area (Å²) in [6.45, 7) is 10.5. The Balaban J connectivity index is 1.86. The first kappa shape index (κ1) is 16.4. The van der Waals surface area contributed by atoms with Crippen LogP contribution in [0.3, 0.4) is 0 Å². The van der Waals surface area contributed by atoms with E-state index in [-0.39, 0.29) is 17.9 Å². The molecule has 0 atom stereocenters. The largest absolute Gasteiger partial charge is 0.395 e. The van der Waals surface area contributed by atoms with E-state index in [1.807, 2.05) is 10.3 Å². The van der Waals surface area contributed by atoms with Gasteiger partial charge in [-0.3, -0.25) is 9.69 Å². The molecule has 5 nitrogen and oxygen atoms in total. The number of aliphatic hydroxyl groups is 1. The van der Waals surface area contributed by atoms with Gasteiger partial charge in [0.1, 0.15) is 0 Å². The number of aromatic nitrogens is 1. The predicted octanol–water partition coefficient (Wildman–Crippen LogP) is 1.12. The van der Waals surface area contributed by atoms with Gasteiger partial charge in [-0.2, -0.15) is 0 Å². The van der Waals surface area contributed by atoms with Crippen LogP contribution in [0, 0.1) is 0 Å². The molecular formula is C15H25N3O2S. The minimum absolute atomic E-state index is 0.0435. The molecule has 1 aromatic heterocycles. The van der Waals surface area contributed by atoms with Gasteiger partial charge in [-0.05, 0) is 0 Å². The highest BCUT2D eigenvalue weighted by Crippen LogP contribution is 2.25. The molecule has 1 aliphatic rings. The highest BCUT2D eigenvalue weighted by Gasteiger charge is 2.23. The van der Waals surface area contributed by atoms with Crippen LogP contribution in [0.5, 0.6) is 0 Å².